The quantitative estimate of drug-likeness (QED) is 0.171. The van der Waals surface area contributed by atoms with Crippen LogP contribution >= 0.6 is 0 Å². The predicted molar refractivity (Wildman–Crippen MR) is 155 cm³/mol. The number of carboxylic acids is 1. The van der Waals surface area contributed by atoms with E-state index in [1.165, 1.54) is 4.90 Å². The number of likely N-dealkylation sites (tertiary alicyclic amines) is 1. The molecule has 12 heteroatoms. The number of rotatable bonds is 13. The lowest BCUT2D eigenvalue weighted by molar-refractivity contribution is -0.143. The maximum Gasteiger partial charge on any atom is 0.326 e. The fourth-order valence-corrected chi connectivity index (χ4v) is 5.29. The van der Waals surface area contributed by atoms with Gasteiger partial charge in [-0.3, -0.25) is 19.2 Å². The second-order valence-electron chi connectivity index (χ2n) is 10.5. The summed E-state index contributed by atoms with van der Waals surface area (Å²) in [6.07, 6.45) is 2.65. The Labute approximate surface area is 242 Å². The fourth-order valence-electron chi connectivity index (χ4n) is 5.29. The first-order valence-electron chi connectivity index (χ1n) is 13.9. The molecule has 1 aliphatic heterocycles. The molecule has 0 saturated carbocycles. The van der Waals surface area contributed by atoms with Crippen LogP contribution in [0.2, 0.25) is 0 Å². The number of carbonyl (C=O) groups is 5. The van der Waals surface area contributed by atoms with Gasteiger partial charge in [-0.05, 0) is 42.9 Å². The van der Waals surface area contributed by atoms with Gasteiger partial charge >= 0.3 is 5.97 Å². The van der Waals surface area contributed by atoms with Crippen LogP contribution in [0, 0.1) is 0 Å². The monoisotopic (exact) mass is 576 g/mol. The summed E-state index contributed by atoms with van der Waals surface area (Å²) in [6, 6.07) is 12.6. The summed E-state index contributed by atoms with van der Waals surface area (Å²) in [5.74, 6) is -3.65. The fraction of sp³-hybridized carbons (Fsp3) is 0.367. The lowest BCUT2D eigenvalue weighted by Gasteiger charge is -2.28. The SMILES string of the molecule is NC(=O)CCC(NC(=O)C(Cc1c[nH]c2ccccc12)NC(=O)C1CCCN1C(=O)C(N)Cc1ccccc1)C(=O)O. The first-order chi connectivity index (χ1) is 20.1. The molecular weight excluding hydrogens is 540 g/mol. The molecule has 12 nitrogen and oxygen atoms in total. The van der Waals surface area contributed by atoms with E-state index in [2.05, 4.69) is 15.6 Å². The molecule has 3 aromatic rings. The number of aliphatic carboxylic acids is 1. The molecule has 1 aromatic heterocycles. The van der Waals surface area contributed by atoms with Crippen molar-refractivity contribution >= 4 is 40.5 Å². The van der Waals surface area contributed by atoms with Gasteiger partial charge in [0.15, 0.2) is 0 Å². The van der Waals surface area contributed by atoms with Crippen molar-refractivity contribution in [1.82, 2.24) is 20.5 Å². The Balaban J connectivity index is 1.51. The number of H-pyrrole nitrogens is 1. The molecule has 0 bridgehead atoms. The van der Waals surface area contributed by atoms with Gasteiger partial charge in [0, 0.05) is 36.5 Å². The second-order valence-corrected chi connectivity index (χ2v) is 10.5. The first-order valence-corrected chi connectivity index (χ1v) is 13.9. The van der Waals surface area contributed by atoms with E-state index < -0.39 is 47.9 Å². The van der Waals surface area contributed by atoms with Crippen molar-refractivity contribution in [3.8, 4) is 0 Å². The molecule has 4 rings (SSSR count). The predicted octanol–water partition coefficient (Wildman–Crippen LogP) is 0.591. The molecule has 0 aliphatic carbocycles. The standard InChI is InChI=1S/C30H36N6O6/c31-21(15-18-7-2-1-3-8-18)29(40)36-14-6-11-25(36)28(39)35-24(16-19-17-33-22-10-5-4-9-20(19)22)27(38)34-23(30(41)42)12-13-26(32)37/h1-5,7-10,17,21,23-25,33H,6,11-16,31H2,(H2,32,37)(H,34,38)(H,35,39)(H,41,42). The van der Waals surface area contributed by atoms with Crippen molar-refractivity contribution in [3.05, 3.63) is 71.9 Å². The van der Waals surface area contributed by atoms with Crippen LogP contribution < -0.4 is 22.1 Å². The molecule has 8 N–H and O–H groups in total. The number of carbonyl (C=O) groups excluding carboxylic acids is 4. The van der Waals surface area contributed by atoms with Crippen LogP contribution in [0.25, 0.3) is 10.9 Å². The molecule has 1 fully saturated rings. The summed E-state index contributed by atoms with van der Waals surface area (Å²) in [4.78, 5) is 67.9. The molecule has 4 unspecified atom stereocenters. The van der Waals surface area contributed by atoms with Crippen LogP contribution in [0.1, 0.15) is 36.8 Å². The third-order valence-electron chi connectivity index (χ3n) is 7.48. The number of hydrogen-bond donors (Lipinski definition) is 6. The number of para-hydroxylation sites is 1. The lowest BCUT2D eigenvalue weighted by Crippen LogP contribution is -2.57. The van der Waals surface area contributed by atoms with Gasteiger partial charge < -0.3 is 37.1 Å². The number of aromatic amines is 1. The van der Waals surface area contributed by atoms with E-state index >= 15 is 0 Å². The molecular formula is C30H36N6O6. The van der Waals surface area contributed by atoms with Crippen LogP contribution in [0.4, 0.5) is 0 Å². The summed E-state index contributed by atoms with van der Waals surface area (Å²) >= 11 is 0. The number of nitrogens with two attached hydrogens (primary N) is 2. The van der Waals surface area contributed by atoms with Gasteiger partial charge in [-0.15, -0.1) is 0 Å². The molecule has 2 aromatic carbocycles. The maximum absolute atomic E-state index is 13.6. The van der Waals surface area contributed by atoms with E-state index in [1.807, 2.05) is 54.6 Å². The molecule has 222 valence electrons. The summed E-state index contributed by atoms with van der Waals surface area (Å²) < 4.78 is 0. The zero-order valence-electron chi connectivity index (χ0n) is 23.1. The summed E-state index contributed by atoms with van der Waals surface area (Å²) in [7, 11) is 0. The molecule has 42 heavy (non-hydrogen) atoms. The van der Waals surface area contributed by atoms with Gasteiger partial charge in [-0.2, -0.15) is 0 Å². The van der Waals surface area contributed by atoms with Crippen molar-refractivity contribution in [2.45, 2.75) is 62.7 Å². The number of nitrogens with zero attached hydrogens (tertiary/aromatic N) is 1. The Hall–Kier alpha value is -4.71. The molecule has 0 radical (unpaired) electrons. The first kappa shape index (κ1) is 30.3. The lowest BCUT2D eigenvalue weighted by atomic mass is 10.0. The Morgan fingerprint density at radius 1 is 0.976 bits per heavy atom. The average molecular weight is 577 g/mol. The molecule has 1 saturated heterocycles. The second kappa shape index (κ2) is 13.8. The summed E-state index contributed by atoms with van der Waals surface area (Å²) in [5.41, 5.74) is 13.9. The summed E-state index contributed by atoms with van der Waals surface area (Å²) in [5, 5.41) is 15.6. The van der Waals surface area contributed by atoms with Crippen LogP contribution in [0.5, 0.6) is 0 Å². The van der Waals surface area contributed by atoms with E-state index in [4.69, 9.17) is 11.5 Å². The normalized spacial score (nSPS) is 16.9. The highest BCUT2D eigenvalue weighted by Gasteiger charge is 2.38. The summed E-state index contributed by atoms with van der Waals surface area (Å²) in [6.45, 7) is 0.354. The van der Waals surface area contributed by atoms with Crippen LogP contribution in [0.15, 0.2) is 60.8 Å². The van der Waals surface area contributed by atoms with Gasteiger partial charge in [0.1, 0.15) is 18.1 Å². The Morgan fingerprint density at radius 3 is 2.40 bits per heavy atom. The molecule has 1 aliphatic rings. The molecule has 4 atom stereocenters. The Bertz CT molecular complexity index is 1440. The van der Waals surface area contributed by atoms with Gasteiger partial charge in [0.2, 0.25) is 23.6 Å². The topological polar surface area (TPSA) is 201 Å². The highest BCUT2D eigenvalue weighted by atomic mass is 16.4. The third kappa shape index (κ3) is 7.52. The van der Waals surface area contributed by atoms with Crippen molar-refractivity contribution in [3.63, 3.8) is 0 Å². The van der Waals surface area contributed by atoms with Crippen LogP contribution in [-0.4, -0.2) is 75.3 Å². The highest BCUT2D eigenvalue weighted by Crippen LogP contribution is 2.22. The van der Waals surface area contributed by atoms with Crippen LogP contribution in [-0.2, 0) is 36.8 Å². The van der Waals surface area contributed by atoms with Gasteiger partial charge in [-0.25, -0.2) is 4.79 Å². The highest BCUT2D eigenvalue weighted by molar-refractivity contribution is 5.95. The number of aromatic nitrogens is 1. The molecule has 4 amide bonds. The van der Waals surface area contributed by atoms with Crippen molar-refractivity contribution < 1.29 is 29.1 Å². The van der Waals surface area contributed by atoms with Crippen molar-refractivity contribution in [2.75, 3.05) is 6.54 Å². The number of primary amides is 1. The van der Waals surface area contributed by atoms with E-state index in [0.29, 0.717) is 25.8 Å². The number of hydrogen-bond acceptors (Lipinski definition) is 6. The van der Waals surface area contributed by atoms with Crippen molar-refractivity contribution in [2.24, 2.45) is 11.5 Å². The van der Waals surface area contributed by atoms with E-state index in [1.54, 1.807) is 6.20 Å². The number of fused-ring (bicyclic) bond motifs is 1. The zero-order chi connectivity index (χ0) is 30.2. The third-order valence-corrected chi connectivity index (χ3v) is 7.48. The van der Waals surface area contributed by atoms with Crippen LogP contribution in [0.3, 0.4) is 0 Å². The smallest absolute Gasteiger partial charge is 0.326 e. The van der Waals surface area contributed by atoms with Gasteiger partial charge in [0.05, 0.1) is 6.04 Å². The Morgan fingerprint density at radius 2 is 1.69 bits per heavy atom. The number of benzene rings is 2. The number of amides is 4. The van der Waals surface area contributed by atoms with Gasteiger partial charge in [-0.1, -0.05) is 48.5 Å². The average Bonchev–Trinajstić information content (AvgIpc) is 3.62. The van der Waals surface area contributed by atoms with Gasteiger partial charge in [0.25, 0.3) is 0 Å². The van der Waals surface area contributed by atoms with E-state index in [-0.39, 0.29) is 25.2 Å². The minimum Gasteiger partial charge on any atom is -0.480 e. The minimum absolute atomic E-state index is 0.0535. The zero-order valence-corrected chi connectivity index (χ0v) is 23.1. The van der Waals surface area contributed by atoms with Crippen molar-refractivity contribution in [1.29, 1.82) is 0 Å². The largest absolute Gasteiger partial charge is 0.480 e. The van der Waals surface area contributed by atoms with E-state index in [0.717, 1.165) is 22.0 Å². The molecule has 0 spiro atoms. The Kier molecular flexibility index (Phi) is 9.92. The maximum atomic E-state index is 13.6. The molecule has 2 heterocycles. The number of nitrogens with one attached hydrogen (secondary N) is 3. The minimum atomic E-state index is -1.38. The van der Waals surface area contributed by atoms with E-state index in [9.17, 15) is 29.1 Å². The number of carboxylic acid groups (broad SMARTS) is 1.